The molecule has 2 N–H and O–H groups in total. The summed E-state index contributed by atoms with van der Waals surface area (Å²) < 4.78 is 41.9. The van der Waals surface area contributed by atoms with Crippen LogP contribution in [0.5, 0.6) is 5.75 Å². The number of sulfonamides is 1. The van der Waals surface area contributed by atoms with Gasteiger partial charge in [-0.15, -0.1) is 0 Å². The van der Waals surface area contributed by atoms with Crippen LogP contribution in [0, 0.1) is 5.82 Å². The highest BCUT2D eigenvalue weighted by Gasteiger charge is 2.23. The molecule has 3 aromatic rings. The standard InChI is InChI=1S/C18H12BrClFNO3S/c19-13-9-14(20)18(23)17(10-13)26(24,25)22-16-8-12(6-7-15(16)21)11-4-2-1-3-5-11/h1-10,22-23H. The lowest BCUT2D eigenvalue weighted by Gasteiger charge is -2.13. The molecule has 0 aromatic heterocycles. The Morgan fingerprint density at radius 2 is 1.69 bits per heavy atom. The number of hydrogen-bond acceptors (Lipinski definition) is 3. The molecule has 0 aliphatic heterocycles. The molecule has 0 aliphatic carbocycles. The molecule has 4 nitrogen and oxygen atoms in total. The van der Waals surface area contributed by atoms with E-state index in [1.807, 2.05) is 30.3 Å². The highest BCUT2D eigenvalue weighted by molar-refractivity contribution is 9.10. The Balaban J connectivity index is 2.03. The van der Waals surface area contributed by atoms with Gasteiger partial charge < -0.3 is 5.11 Å². The summed E-state index contributed by atoms with van der Waals surface area (Å²) in [6, 6.07) is 15.8. The van der Waals surface area contributed by atoms with Gasteiger partial charge in [0.05, 0.1) is 10.7 Å². The van der Waals surface area contributed by atoms with Crippen molar-refractivity contribution < 1.29 is 17.9 Å². The van der Waals surface area contributed by atoms with Crippen molar-refractivity contribution in [1.82, 2.24) is 0 Å². The molecule has 3 aromatic carbocycles. The highest BCUT2D eigenvalue weighted by atomic mass is 79.9. The summed E-state index contributed by atoms with van der Waals surface area (Å²) in [4.78, 5) is -0.457. The van der Waals surface area contributed by atoms with Gasteiger partial charge in [-0.1, -0.05) is 63.9 Å². The Bertz CT molecular complexity index is 1080. The van der Waals surface area contributed by atoms with Crippen molar-refractivity contribution in [2.24, 2.45) is 0 Å². The predicted octanol–water partition coefficient (Wildman–Crippen LogP) is 5.42. The van der Waals surface area contributed by atoms with E-state index in [1.165, 1.54) is 24.3 Å². The SMILES string of the molecule is O=S(=O)(Nc1cc(-c2ccccc2)ccc1F)c1cc(Br)cc(Cl)c1O. The maximum atomic E-state index is 14.2. The van der Waals surface area contributed by atoms with Crippen LogP contribution in [-0.2, 0) is 10.0 Å². The number of hydrogen-bond donors (Lipinski definition) is 2. The molecular weight excluding hydrogens is 445 g/mol. The molecule has 0 saturated heterocycles. The van der Waals surface area contributed by atoms with Crippen LogP contribution >= 0.6 is 27.5 Å². The van der Waals surface area contributed by atoms with Gasteiger partial charge in [0.1, 0.15) is 10.7 Å². The molecule has 0 spiro atoms. The predicted molar refractivity (Wildman–Crippen MR) is 103 cm³/mol. The summed E-state index contributed by atoms with van der Waals surface area (Å²) >= 11 is 8.94. The summed E-state index contributed by atoms with van der Waals surface area (Å²) in [5.74, 6) is -1.35. The van der Waals surface area contributed by atoms with E-state index in [0.29, 0.717) is 10.0 Å². The second-order valence-corrected chi connectivity index (χ2v) is 8.37. The largest absolute Gasteiger partial charge is 0.505 e. The zero-order valence-corrected chi connectivity index (χ0v) is 16.2. The first-order chi connectivity index (χ1) is 12.3. The minimum Gasteiger partial charge on any atom is -0.505 e. The second-order valence-electron chi connectivity index (χ2n) is 5.40. The van der Waals surface area contributed by atoms with Crippen LogP contribution < -0.4 is 4.72 Å². The third-order valence-corrected chi connectivity index (χ3v) is 5.73. The van der Waals surface area contributed by atoms with Crippen LogP contribution in [0.15, 0.2) is 70.0 Å². The third kappa shape index (κ3) is 3.85. The normalized spacial score (nSPS) is 11.3. The molecular formula is C18H12BrClFNO3S. The Morgan fingerprint density at radius 1 is 1.00 bits per heavy atom. The zero-order valence-electron chi connectivity index (χ0n) is 13.1. The Kier molecular flexibility index (Phi) is 5.22. The molecule has 26 heavy (non-hydrogen) atoms. The number of benzene rings is 3. The number of phenols is 1. The topological polar surface area (TPSA) is 66.4 Å². The second kappa shape index (κ2) is 7.26. The van der Waals surface area contributed by atoms with Crippen molar-refractivity contribution in [3.63, 3.8) is 0 Å². The average Bonchev–Trinajstić information content (AvgIpc) is 2.60. The lowest BCUT2D eigenvalue weighted by Crippen LogP contribution is -2.14. The van der Waals surface area contributed by atoms with Crippen molar-refractivity contribution in [1.29, 1.82) is 0 Å². The molecule has 0 fully saturated rings. The van der Waals surface area contributed by atoms with Crippen LogP contribution in [0.2, 0.25) is 5.02 Å². The monoisotopic (exact) mass is 455 g/mol. The lowest BCUT2D eigenvalue weighted by atomic mass is 10.1. The molecule has 0 saturated carbocycles. The van der Waals surface area contributed by atoms with E-state index < -0.39 is 26.5 Å². The van der Waals surface area contributed by atoms with Crippen LogP contribution in [0.1, 0.15) is 0 Å². The van der Waals surface area contributed by atoms with Gasteiger partial charge in [0.25, 0.3) is 10.0 Å². The molecule has 134 valence electrons. The van der Waals surface area contributed by atoms with Gasteiger partial charge in [-0.2, -0.15) is 0 Å². The molecule has 0 aliphatic rings. The number of anilines is 1. The first-order valence-electron chi connectivity index (χ1n) is 7.34. The Hall–Kier alpha value is -2.09. The fourth-order valence-corrected chi connectivity index (χ4v) is 4.58. The molecule has 8 heteroatoms. The minimum atomic E-state index is -4.26. The van der Waals surface area contributed by atoms with Crippen molar-refractivity contribution in [3.05, 3.63) is 76.0 Å². The van der Waals surface area contributed by atoms with Gasteiger partial charge in [-0.3, -0.25) is 4.72 Å². The van der Waals surface area contributed by atoms with Gasteiger partial charge in [0.2, 0.25) is 0 Å². The first-order valence-corrected chi connectivity index (χ1v) is 9.99. The number of nitrogens with one attached hydrogen (secondary N) is 1. The first kappa shape index (κ1) is 18.7. The van der Waals surface area contributed by atoms with Crippen molar-refractivity contribution in [2.45, 2.75) is 4.90 Å². The van der Waals surface area contributed by atoms with E-state index in [4.69, 9.17) is 11.6 Å². The highest BCUT2D eigenvalue weighted by Crippen LogP contribution is 2.35. The number of rotatable bonds is 4. The quantitative estimate of drug-likeness (QED) is 0.551. The maximum Gasteiger partial charge on any atom is 0.265 e. The summed E-state index contributed by atoms with van der Waals surface area (Å²) in [6.45, 7) is 0. The third-order valence-electron chi connectivity index (χ3n) is 3.60. The van der Waals surface area contributed by atoms with E-state index in [2.05, 4.69) is 20.7 Å². The van der Waals surface area contributed by atoms with Crippen molar-refractivity contribution in [2.75, 3.05) is 4.72 Å². The molecule has 0 atom stereocenters. The molecule has 0 amide bonds. The van der Waals surface area contributed by atoms with Crippen LogP contribution in [0.25, 0.3) is 11.1 Å². The van der Waals surface area contributed by atoms with E-state index in [1.54, 1.807) is 6.07 Å². The van der Waals surface area contributed by atoms with Crippen LogP contribution in [0.4, 0.5) is 10.1 Å². The van der Waals surface area contributed by atoms with Crippen molar-refractivity contribution in [3.8, 4) is 16.9 Å². The van der Waals surface area contributed by atoms with E-state index >= 15 is 0 Å². The van der Waals surface area contributed by atoms with Crippen molar-refractivity contribution >= 4 is 43.2 Å². The lowest BCUT2D eigenvalue weighted by molar-refractivity contribution is 0.459. The average molecular weight is 457 g/mol. The van der Waals surface area contributed by atoms with Gasteiger partial charge in [0.15, 0.2) is 5.75 Å². The fraction of sp³-hybridized carbons (Fsp3) is 0. The molecule has 0 heterocycles. The zero-order chi connectivity index (χ0) is 18.9. The van der Waals surface area contributed by atoms with Crippen LogP contribution in [0.3, 0.4) is 0 Å². The Labute approximate surface area is 163 Å². The maximum absolute atomic E-state index is 14.2. The number of phenolic OH excluding ortho intramolecular Hbond substituents is 1. The minimum absolute atomic E-state index is 0.141. The van der Waals surface area contributed by atoms with E-state index in [0.717, 1.165) is 5.56 Å². The van der Waals surface area contributed by atoms with Gasteiger partial charge in [-0.25, -0.2) is 12.8 Å². The molecule has 0 radical (unpaired) electrons. The summed E-state index contributed by atoms with van der Waals surface area (Å²) in [6.07, 6.45) is 0. The van der Waals surface area contributed by atoms with Gasteiger partial charge in [-0.05, 0) is 35.4 Å². The summed E-state index contributed by atoms with van der Waals surface area (Å²) in [5, 5.41) is 9.83. The smallest absolute Gasteiger partial charge is 0.265 e. The Morgan fingerprint density at radius 3 is 2.38 bits per heavy atom. The van der Waals surface area contributed by atoms with Gasteiger partial charge >= 0.3 is 0 Å². The van der Waals surface area contributed by atoms with E-state index in [9.17, 15) is 17.9 Å². The molecule has 0 bridgehead atoms. The number of halogens is 3. The van der Waals surface area contributed by atoms with Crippen LogP contribution in [-0.4, -0.2) is 13.5 Å². The van der Waals surface area contributed by atoms with E-state index in [-0.39, 0.29) is 10.7 Å². The fourth-order valence-electron chi connectivity index (χ4n) is 2.36. The molecule has 0 unspecified atom stereocenters. The van der Waals surface area contributed by atoms with Gasteiger partial charge in [0, 0.05) is 4.47 Å². The molecule has 3 rings (SSSR count). The summed E-state index contributed by atoms with van der Waals surface area (Å²) in [5.41, 5.74) is 1.21. The number of aromatic hydroxyl groups is 1. The summed E-state index contributed by atoms with van der Waals surface area (Å²) in [7, 11) is -4.26.